The average molecular weight is 490 g/mol. The van der Waals surface area contributed by atoms with Gasteiger partial charge >= 0.3 is 12.1 Å². The Hall–Kier alpha value is -3.96. The van der Waals surface area contributed by atoms with Crippen LogP contribution in [0.4, 0.5) is 24.8 Å². The first-order chi connectivity index (χ1) is 16.7. The zero-order valence-electron chi connectivity index (χ0n) is 18.6. The van der Waals surface area contributed by atoms with Gasteiger partial charge in [0.1, 0.15) is 0 Å². The van der Waals surface area contributed by atoms with Crippen LogP contribution in [0.25, 0.3) is 0 Å². The normalized spacial score (nSPS) is 17.9. The molecule has 35 heavy (non-hydrogen) atoms. The molecule has 3 aromatic rings. The van der Waals surface area contributed by atoms with Crippen LogP contribution in [0.5, 0.6) is 0 Å². The molecule has 4 N–H and O–H groups in total. The quantitative estimate of drug-likeness (QED) is 0.389. The minimum Gasteiger partial charge on any atom is -0.475 e. The van der Waals surface area contributed by atoms with Gasteiger partial charge in [0.2, 0.25) is 0 Å². The molecule has 12 heteroatoms. The number of amides is 1. The zero-order valence-corrected chi connectivity index (χ0v) is 18.6. The van der Waals surface area contributed by atoms with Crippen molar-refractivity contribution < 1.29 is 27.9 Å². The molecule has 1 aliphatic carbocycles. The van der Waals surface area contributed by atoms with E-state index in [4.69, 9.17) is 9.90 Å². The van der Waals surface area contributed by atoms with E-state index in [1.54, 1.807) is 6.07 Å². The fraction of sp³-hybridized carbons (Fsp3) is 0.348. The van der Waals surface area contributed by atoms with Crippen LogP contribution in [-0.4, -0.2) is 49.8 Å². The van der Waals surface area contributed by atoms with E-state index in [1.807, 2.05) is 18.2 Å². The molecule has 1 fully saturated rings. The van der Waals surface area contributed by atoms with E-state index in [9.17, 15) is 18.0 Å². The lowest BCUT2D eigenvalue weighted by Crippen LogP contribution is -2.34. The van der Waals surface area contributed by atoms with Crippen LogP contribution in [0.15, 0.2) is 54.6 Å². The molecule has 2 aromatic carbocycles. The summed E-state index contributed by atoms with van der Waals surface area (Å²) in [6.45, 7) is 0. The maximum Gasteiger partial charge on any atom is 0.490 e. The third-order valence-corrected chi connectivity index (χ3v) is 5.54. The molecule has 9 nitrogen and oxygen atoms in total. The number of aromatic nitrogens is 4. The largest absolute Gasteiger partial charge is 0.490 e. The fourth-order valence-electron chi connectivity index (χ4n) is 3.86. The van der Waals surface area contributed by atoms with Crippen molar-refractivity contribution in [1.29, 1.82) is 0 Å². The number of hydrogen-bond acceptors (Lipinski definition) is 6. The Morgan fingerprint density at radius 1 is 1.00 bits per heavy atom. The van der Waals surface area contributed by atoms with Crippen LogP contribution in [0.3, 0.4) is 0 Å². The van der Waals surface area contributed by atoms with E-state index in [2.05, 4.69) is 61.6 Å². The summed E-state index contributed by atoms with van der Waals surface area (Å²) in [7, 11) is 0. The average Bonchev–Trinajstić information content (AvgIpc) is 3.23. The highest BCUT2D eigenvalue weighted by Crippen LogP contribution is 2.31. The number of rotatable bonds is 5. The van der Waals surface area contributed by atoms with Crippen LogP contribution in [0.1, 0.15) is 53.9 Å². The van der Waals surface area contributed by atoms with Gasteiger partial charge in [0.15, 0.2) is 0 Å². The molecule has 186 valence electrons. The van der Waals surface area contributed by atoms with Crippen LogP contribution in [0, 0.1) is 0 Å². The highest BCUT2D eigenvalue weighted by Gasteiger charge is 2.38. The number of carboxylic acid groups (broad SMARTS) is 1. The number of anilines is 2. The van der Waals surface area contributed by atoms with Crippen molar-refractivity contribution in [3.05, 3.63) is 65.7 Å². The SMILES string of the molecule is O=C(NC1CCCC(c2ccccc2)CC1)c1cccc(Nc2nn[nH]n2)c1.O=C(O)C(F)(F)F. The molecular weight excluding hydrogens is 465 g/mol. The van der Waals surface area contributed by atoms with Crippen LogP contribution in [-0.2, 0) is 4.79 Å². The number of alkyl halides is 3. The predicted octanol–water partition coefficient (Wildman–Crippen LogP) is 4.42. The number of nitrogens with zero attached hydrogens (tertiary/aromatic N) is 3. The summed E-state index contributed by atoms with van der Waals surface area (Å²) >= 11 is 0. The van der Waals surface area contributed by atoms with Gasteiger partial charge in [-0.05, 0) is 60.6 Å². The van der Waals surface area contributed by atoms with E-state index in [1.165, 1.54) is 12.0 Å². The summed E-state index contributed by atoms with van der Waals surface area (Å²) < 4.78 is 31.7. The number of tetrazole rings is 1. The molecule has 1 aliphatic rings. The number of hydrogen-bond donors (Lipinski definition) is 4. The van der Waals surface area contributed by atoms with Gasteiger partial charge in [-0.1, -0.05) is 47.9 Å². The van der Waals surface area contributed by atoms with E-state index in [0.29, 0.717) is 17.4 Å². The van der Waals surface area contributed by atoms with Gasteiger partial charge in [-0.15, -0.1) is 5.10 Å². The number of aromatic amines is 1. The van der Waals surface area contributed by atoms with E-state index in [0.717, 1.165) is 31.4 Å². The lowest BCUT2D eigenvalue weighted by atomic mass is 9.92. The molecule has 0 saturated heterocycles. The van der Waals surface area contributed by atoms with Crippen molar-refractivity contribution in [2.45, 2.75) is 50.2 Å². The number of carboxylic acids is 1. The van der Waals surface area contributed by atoms with Crippen molar-refractivity contribution in [3.8, 4) is 0 Å². The van der Waals surface area contributed by atoms with Gasteiger partial charge in [-0.25, -0.2) is 4.79 Å². The minimum atomic E-state index is -5.08. The van der Waals surface area contributed by atoms with Crippen molar-refractivity contribution >= 4 is 23.5 Å². The molecule has 1 heterocycles. The molecule has 0 spiro atoms. The van der Waals surface area contributed by atoms with Gasteiger partial charge in [0, 0.05) is 17.3 Å². The van der Waals surface area contributed by atoms with Gasteiger partial charge in [-0.2, -0.15) is 18.4 Å². The Bertz CT molecular complexity index is 1090. The predicted molar refractivity (Wildman–Crippen MR) is 121 cm³/mol. The first-order valence-corrected chi connectivity index (χ1v) is 11.0. The molecule has 2 atom stereocenters. The highest BCUT2D eigenvalue weighted by atomic mass is 19.4. The lowest BCUT2D eigenvalue weighted by molar-refractivity contribution is -0.192. The van der Waals surface area contributed by atoms with Gasteiger partial charge in [-0.3, -0.25) is 4.79 Å². The molecule has 0 aliphatic heterocycles. The molecule has 1 aromatic heterocycles. The van der Waals surface area contributed by atoms with E-state index in [-0.39, 0.29) is 11.9 Å². The van der Waals surface area contributed by atoms with Crippen molar-refractivity contribution in [3.63, 3.8) is 0 Å². The summed E-state index contributed by atoms with van der Waals surface area (Å²) in [4.78, 5) is 21.6. The smallest absolute Gasteiger partial charge is 0.475 e. The molecule has 0 radical (unpaired) electrons. The maximum atomic E-state index is 12.7. The minimum absolute atomic E-state index is 0.0417. The molecule has 2 unspecified atom stereocenters. The Labute approximate surface area is 199 Å². The molecule has 0 bridgehead atoms. The van der Waals surface area contributed by atoms with Crippen LogP contribution < -0.4 is 10.6 Å². The Morgan fingerprint density at radius 3 is 2.40 bits per heavy atom. The van der Waals surface area contributed by atoms with Crippen molar-refractivity contribution in [2.24, 2.45) is 0 Å². The number of H-pyrrole nitrogens is 1. The number of carbonyl (C=O) groups excluding carboxylic acids is 1. The first kappa shape index (κ1) is 25.7. The van der Waals surface area contributed by atoms with Gasteiger partial charge in [0.25, 0.3) is 11.9 Å². The first-order valence-electron chi connectivity index (χ1n) is 11.0. The lowest BCUT2D eigenvalue weighted by Gasteiger charge is -2.17. The zero-order chi connectivity index (χ0) is 25.3. The number of carbonyl (C=O) groups is 2. The molecular formula is C23H25F3N6O3. The molecule has 1 amide bonds. The molecule has 1 saturated carbocycles. The van der Waals surface area contributed by atoms with Crippen LogP contribution >= 0.6 is 0 Å². The third kappa shape index (κ3) is 8.09. The highest BCUT2D eigenvalue weighted by molar-refractivity contribution is 5.95. The second-order valence-electron chi connectivity index (χ2n) is 8.03. The third-order valence-electron chi connectivity index (χ3n) is 5.54. The van der Waals surface area contributed by atoms with Crippen LogP contribution in [0.2, 0.25) is 0 Å². The van der Waals surface area contributed by atoms with Gasteiger partial charge < -0.3 is 15.7 Å². The number of nitrogens with one attached hydrogen (secondary N) is 3. The van der Waals surface area contributed by atoms with Crippen molar-refractivity contribution in [1.82, 2.24) is 25.9 Å². The summed E-state index contributed by atoms with van der Waals surface area (Å²) in [5, 5.41) is 27.0. The second-order valence-corrected chi connectivity index (χ2v) is 8.03. The summed E-state index contributed by atoms with van der Waals surface area (Å²) in [5.74, 6) is -1.84. The standard InChI is InChI=1S/C21H24N6O.C2HF3O2/c28-20(17-9-5-11-19(14-17)23-21-24-26-27-25-21)22-18-10-4-8-16(12-13-18)15-6-2-1-3-7-15;3-2(4,5)1(6)7/h1-3,5-7,9,11,14,16,18H,4,8,10,12-13H2,(H,22,28)(H2,23,24,25,26,27);(H,6,7). The topological polar surface area (TPSA) is 133 Å². The van der Waals surface area contributed by atoms with Crippen molar-refractivity contribution in [2.75, 3.05) is 5.32 Å². The van der Waals surface area contributed by atoms with E-state index >= 15 is 0 Å². The second kappa shape index (κ2) is 12.0. The number of halogens is 3. The van der Waals surface area contributed by atoms with E-state index < -0.39 is 12.1 Å². The fourth-order valence-corrected chi connectivity index (χ4v) is 3.86. The number of benzene rings is 2. The van der Waals surface area contributed by atoms with Gasteiger partial charge in [0.05, 0.1) is 0 Å². The Balaban J connectivity index is 0.000000429. The summed E-state index contributed by atoms with van der Waals surface area (Å²) in [6, 6.07) is 18.2. The summed E-state index contributed by atoms with van der Waals surface area (Å²) in [5.41, 5.74) is 2.78. The molecule has 4 rings (SSSR count). The monoisotopic (exact) mass is 490 g/mol. The Morgan fingerprint density at radius 2 is 1.74 bits per heavy atom. The Kier molecular flexibility index (Phi) is 8.76. The summed E-state index contributed by atoms with van der Waals surface area (Å²) in [6.07, 6.45) is 0.362. The maximum absolute atomic E-state index is 12.7. The number of aliphatic carboxylic acids is 1.